The van der Waals surface area contributed by atoms with Gasteiger partial charge in [0.2, 0.25) is 15.9 Å². The largest absolute Gasteiger partial charge is 0.497 e. The van der Waals surface area contributed by atoms with Crippen molar-refractivity contribution in [3.05, 3.63) is 29.8 Å². The Hall–Kier alpha value is -1.60. The standard InChI is InChI=1S/C15H22N2O4S/c1-21-14-6-3-5-13(11-14)12-15(18)16-7-4-8-17(10-9-16)22(2,19)20/h3,5-6,11H,4,7-10,12H2,1-2H3. The van der Waals surface area contributed by atoms with E-state index in [0.717, 1.165) is 11.3 Å². The van der Waals surface area contributed by atoms with Gasteiger partial charge in [0.25, 0.3) is 0 Å². The van der Waals surface area contributed by atoms with E-state index in [-0.39, 0.29) is 5.91 Å². The monoisotopic (exact) mass is 326 g/mol. The van der Waals surface area contributed by atoms with Gasteiger partial charge in [-0.1, -0.05) is 12.1 Å². The lowest BCUT2D eigenvalue weighted by Crippen LogP contribution is -2.37. The molecule has 0 aliphatic carbocycles. The minimum absolute atomic E-state index is 0.0172. The third kappa shape index (κ3) is 4.45. The fourth-order valence-corrected chi connectivity index (χ4v) is 3.42. The summed E-state index contributed by atoms with van der Waals surface area (Å²) in [6.45, 7) is 1.87. The highest BCUT2D eigenvalue weighted by molar-refractivity contribution is 7.88. The zero-order valence-electron chi connectivity index (χ0n) is 13.0. The van der Waals surface area contributed by atoms with Gasteiger partial charge in [-0.05, 0) is 24.1 Å². The van der Waals surface area contributed by atoms with Gasteiger partial charge in [-0.2, -0.15) is 0 Å². The van der Waals surface area contributed by atoms with Gasteiger partial charge in [-0.15, -0.1) is 0 Å². The summed E-state index contributed by atoms with van der Waals surface area (Å²) >= 11 is 0. The molecule has 122 valence electrons. The molecule has 0 spiro atoms. The Morgan fingerprint density at radius 1 is 1.23 bits per heavy atom. The first-order valence-corrected chi connectivity index (χ1v) is 9.11. The average Bonchev–Trinajstić information content (AvgIpc) is 2.73. The molecule has 1 fully saturated rings. The number of hydrogen-bond donors (Lipinski definition) is 0. The third-order valence-corrected chi connectivity index (χ3v) is 5.07. The maximum absolute atomic E-state index is 12.4. The third-order valence-electron chi connectivity index (χ3n) is 3.77. The number of sulfonamides is 1. The fourth-order valence-electron chi connectivity index (χ4n) is 2.54. The normalized spacial score (nSPS) is 17.1. The first-order valence-electron chi connectivity index (χ1n) is 7.26. The van der Waals surface area contributed by atoms with Gasteiger partial charge >= 0.3 is 0 Å². The van der Waals surface area contributed by atoms with Crippen LogP contribution in [0.4, 0.5) is 0 Å². The lowest BCUT2D eigenvalue weighted by atomic mass is 10.1. The van der Waals surface area contributed by atoms with E-state index in [9.17, 15) is 13.2 Å². The number of carbonyl (C=O) groups is 1. The predicted octanol–water partition coefficient (Wildman–Crippen LogP) is 0.732. The summed E-state index contributed by atoms with van der Waals surface area (Å²) in [5.74, 6) is 0.744. The Bertz CT molecular complexity index is 630. The summed E-state index contributed by atoms with van der Waals surface area (Å²) in [6.07, 6.45) is 2.17. The molecule has 1 saturated heterocycles. The summed E-state index contributed by atoms with van der Waals surface area (Å²) in [5.41, 5.74) is 0.897. The summed E-state index contributed by atoms with van der Waals surface area (Å²) < 4.78 is 29.8. The number of carbonyl (C=O) groups excluding carboxylic acids is 1. The number of ether oxygens (including phenoxy) is 1. The molecule has 1 aromatic rings. The van der Waals surface area contributed by atoms with Crippen LogP contribution in [-0.4, -0.2) is 63.1 Å². The summed E-state index contributed by atoms with van der Waals surface area (Å²) in [6, 6.07) is 7.43. The fraction of sp³-hybridized carbons (Fsp3) is 0.533. The van der Waals surface area contributed by atoms with Crippen molar-refractivity contribution in [1.82, 2.24) is 9.21 Å². The average molecular weight is 326 g/mol. The molecule has 0 unspecified atom stereocenters. The maximum atomic E-state index is 12.4. The van der Waals surface area contributed by atoms with Crippen LogP contribution in [0.25, 0.3) is 0 Å². The SMILES string of the molecule is COc1cccc(CC(=O)N2CCCN(S(C)(=O)=O)CC2)c1. The van der Waals surface area contributed by atoms with Crippen LogP contribution in [0.1, 0.15) is 12.0 Å². The van der Waals surface area contributed by atoms with Crippen LogP contribution >= 0.6 is 0 Å². The molecular formula is C15H22N2O4S. The molecule has 6 nitrogen and oxygen atoms in total. The highest BCUT2D eigenvalue weighted by atomic mass is 32.2. The molecule has 0 N–H and O–H groups in total. The quantitative estimate of drug-likeness (QED) is 0.818. The molecule has 2 rings (SSSR count). The predicted molar refractivity (Wildman–Crippen MR) is 84.3 cm³/mol. The summed E-state index contributed by atoms with van der Waals surface area (Å²) in [5, 5.41) is 0. The molecule has 7 heteroatoms. The van der Waals surface area contributed by atoms with Crippen molar-refractivity contribution in [2.75, 3.05) is 39.5 Å². The molecule has 0 saturated carbocycles. The molecule has 1 aliphatic heterocycles. The highest BCUT2D eigenvalue weighted by Crippen LogP contribution is 2.14. The van der Waals surface area contributed by atoms with E-state index < -0.39 is 10.0 Å². The molecule has 1 amide bonds. The molecule has 1 heterocycles. The van der Waals surface area contributed by atoms with Crippen molar-refractivity contribution in [2.45, 2.75) is 12.8 Å². The van der Waals surface area contributed by atoms with E-state index in [1.54, 1.807) is 12.0 Å². The van der Waals surface area contributed by atoms with Crippen molar-refractivity contribution in [3.63, 3.8) is 0 Å². The zero-order valence-corrected chi connectivity index (χ0v) is 13.8. The van der Waals surface area contributed by atoms with Crippen molar-refractivity contribution < 1.29 is 17.9 Å². The van der Waals surface area contributed by atoms with Crippen LogP contribution in [0, 0.1) is 0 Å². The van der Waals surface area contributed by atoms with Crippen LogP contribution < -0.4 is 4.74 Å². The van der Waals surface area contributed by atoms with E-state index in [0.29, 0.717) is 39.0 Å². The van der Waals surface area contributed by atoms with Gasteiger partial charge in [-0.3, -0.25) is 4.79 Å². The molecule has 1 aliphatic rings. The van der Waals surface area contributed by atoms with Gasteiger partial charge in [-0.25, -0.2) is 12.7 Å². The minimum atomic E-state index is -3.19. The molecule has 0 bridgehead atoms. The van der Waals surface area contributed by atoms with E-state index in [2.05, 4.69) is 0 Å². The Morgan fingerprint density at radius 2 is 2.00 bits per heavy atom. The smallest absolute Gasteiger partial charge is 0.227 e. The number of rotatable bonds is 4. The van der Waals surface area contributed by atoms with Crippen molar-refractivity contribution >= 4 is 15.9 Å². The van der Waals surface area contributed by atoms with Gasteiger partial charge < -0.3 is 9.64 Å². The van der Waals surface area contributed by atoms with Crippen LogP contribution in [0.3, 0.4) is 0 Å². The molecule has 0 aromatic heterocycles. The number of benzene rings is 1. The molecular weight excluding hydrogens is 304 g/mol. The topological polar surface area (TPSA) is 66.9 Å². The van der Waals surface area contributed by atoms with Gasteiger partial charge in [0.15, 0.2) is 0 Å². The minimum Gasteiger partial charge on any atom is -0.497 e. The molecule has 0 atom stereocenters. The second kappa shape index (κ2) is 7.11. The summed E-state index contributed by atoms with van der Waals surface area (Å²) in [7, 11) is -1.59. The molecule has 1 aromatic carbocycles. The first-order chi connectivity index (χ1) is 10.4. The zero-order chi connectivity index (χ0) is 16.2. The lowest BCUT2D eigenvalue weighted by Gasteiger charge is -2.21. The second-order valence-electron chi connectivity index (χ2n) is 5.42. The van der Waals surface area contributed by atoms with Crippen LogP contribution in [0.2, 0.25) is 0 Å². The summed E-state index contributed by atoms with van der Waals surface area (Å²) in [4.78, 5) is 14.1. The Kier molecular flexibility index (Phi) is 5.42. The number of hydrogen-bond acceptors (Lipinski definition) is 4. The molecule has 22 heavy (non-hydrogen) atoms. The molecule has 0 radical (unpaired) electrons. The highest BCUT2D eigenvalue weighted by Gasteiger charge is 2.23. The van der Waals surface area contributed by atoms with Gasteiger partial charge in [0.1, 0.15) is 5.75 Å². The van der Waals surface area contributed by atoms with Gasteiger partial charge in [0.05, 0.1) is 19.8 Å². The Labute approximate surface area is 131 Å². The van der Waals surface area contributed by atoms with Crippen LogP contribution in [0.15, 0.2) is 24.3 Å². The van der Waals surface area contributed by atoms with E-state index in [1.165, 1.54) is 10.6 Å². The van der Waals surface area contributed by atoms with Crippen molar-refractivity contribution in [1.29, 1.82) is 0 Å². The number of methoxy groups -OCH3 is 1. The maximum Gasteiger partial charge on any atom is 0.227 e. The first kappa shape index (κ1) is 16.8. The van der Waals surface area contributed by atoms with E-state index in [1.807, 2.05) is 24.3 Å². The second-order valence-corrected chi connectivity index (χ2v) is 7.41. The van der Waals surface area contributed by atoms with E-state index >= 15 is 0 Å². The number of nitrogens with zero attached hydrogens (tertiary/aromatic N) is 2. The Balaban J connectivity index is 1.98. The van der Waals surface area contributed by atoms with E-state index in [4.69, 9.17) is 4.74 Å². The van der Waals surface area contributed by atoms with Gasteiger partial charge in [0, 0.05) is 26.2 Å². The number of amides is 1. The van der Waals surface area contributed by atoms with Crippen molar-refractivity contribution in [2.24, 2.45) is 0 Å². The van der Waals surface area contributed by atoms with Crippen molar-refractivity contribution in [3.8, 4) is 5.75 Å². The van der Waals surface area contributed by atoms with Crippen LogP contribution in [0.5, 0.6) is 5.75 Å². The lowest BCUT2D eigenvalue weighted by molar-refractivity contribution is -0.130. The van der Waals surface area contributed by atoms with Crippen LogP contribution in [-0.2, 0) is 21.2 Å². The Morgan fingerprint density at radius 3 is 2.68 bits per heavy atom.